The fourth-order valence-corrected chi connectivity index (χ4v) is 5.87. The number of anilines is 1. The third-order valence-electron chi connectivity index (χ3n) is 6.62. The smallest absolute Gasteiger partial charge is 0.317 e. The molecule has 2 heterocycles. The van der Waals surface area contributed by atoms with Gasteiger partial charge in [-0.15, -0.1) is 0 Å². The molecule has 0 fully saturated rings. The molecule has 13 heteroatoms. The van der Waals surface area contributed by atoms with Crippen molar-refractivity contribution in [1.82, 2.24) is 20.3 Å². The number of urea groups is 1. The minimum atomic E-state index is -4.00. The number of hydrogen-bond donors (Lipinski definition) is 3. The van der Waals surface area contributed by atoms with Gasteiger partial charge in [0.2, 0.25) is 5.91 Å². The molecule has 1 aliphatic heterocycles. The molecule has 0 unspecified atom stereocenters. The zero-order valence-electron chi connectivity index (χ0n) is 23.5. The number of ether oxygens (including phenoxy) is 1. The summed E-state index contributed by atoms with van der Waals surface area (Å²) in [7, 11) is -2.33. The normalized spacial score (nSPS) is 18.9. The number of sulfonamides is 1. The molecule has 2 aromatic rings. The van der Waals surface area contributed by atoms with Gasteiger partial charge in [-0.05, 0) is 52.8 Å². The largest absolute Gasteiger partial charge is 0.488 e. The van der Waals surface area contributed by atoms with Crippen molar-refractivity contribution in [2.45, 2.75) is 71.0 Å². The van der Waals surface area contributed by atoms with Gasteiger partial charge in [-0.2, -0.15) is 0 Å². The van der Waals surface area contributed by atoms with Gasteiger partial charge in [-0.25, -0.2) is 13.2 Å². The van der Waals surface area contributed by atoms with Crippen LogP contribution in [0.15, 0.2) is 27.6 Å². The number of carbonyl (C=O) groups excluding carboxylic acids is 2. The first kappa shape index (κ1) is 30.2. The number of aliphatic hydroxyl groups excluding tert-OH is 1. The van der Waals surface area contributed by atoms with Crippen LogP contribution in [0.4, 0.5) is 10.5 Å². The average molecular weight is 566 g/mol. The van der Waals surface area contributed by atoms with Crippen LogP contribution < -0.4 is 14.8 Å². The molecule has 1 aromatic carbocycles. The molecule has 0 radical (unpaired) electrons. The number of aliphatic hydroxyl groups is 1. The Balaban J connectivity index is 1.98. The molecule has 0 aliphatic carbocycles. The van der Waals surface area contributed by atoms with E-state index < -0.39 is 22.2 Å². The van der Waals surface area contributed by atoms with Crippen molar-refractivity contribution in [3.63, 3.8) is 0 Å². The van der Waals surface area contributed by atoms with Gasteiger partial charge in [0.25, 0.3) is 10.0 Å². The number of rotatable bonds is 8. The van der Waals surface area contributed by atoms with Crippen molar-refractivity contribution >= 4 is 27.6 Å². The van der Waals surface area contributed by atoms with Gasteiger partial charge in [0.1, 0.15) is 17.5 Å². The number of fused-ring (bicyclic) bond motifs is 1. The second-order valence-corrected chi connectivity index (χ2v) is 12.1. The van der Waals surface area contributed by atoms with Gasteiger partial charge >= 0.3 is 6.03 Å². The molecule has 0 spiro atoms. The third-order valence-corrected chi connectivity index (χ3v) is 8.24. The second-order valence-electron chi connectivity index (χ2n) is 10.5. The fourth-order valence-electron chi connectivity index (χ4n) is 4.49. The number of nitrogens with zero attached hydrogens (tertiary/aromatic N) is 3. The maximum Gasteiger partial charge on any atom is 0.317 e. The molecule has 0 bridgehead atoms. The molecule has 3 N–H and O–H groups in total. The Morgan fingerprint density at radius 3 is 2.56 bits per heavy atom. The van der Waals surface area contributed by atoms with Crippen LogP contribution in [0.1, 0.15) is 44.7 Å². The minimum Gasteiger partial charge on any atom is -0.488 e. The molecule has 3 rings (SSSR count). The molecule has 1 aliphatic rings. The van der Waals surface area contributed by atoms with Gasteiger partial charge < -0.3 is 29.5 Å². The first-order valence-corrected chi connectivity index (χ1v) is 14.4. The lowest BCUT2D eigenvalue weighted by Crippen LogP contribution is -2.49. The van der Waals surface area contributed by atoms with Crippen LogP contribution in [0.3, 0.4) is 0 Å². The number of carbonyl (C=O) groups is 2. The summed E-state index contributed by atoms with van der Waals surface area (Å²) in [6, 6.07) is 4.01. The van der Waals surface area contributed by atoms with Crippen LogP contribution in [0.5, 0.6) is 5.75 Å². The van der Waals surface area contributed by atoms with Gasteiger partial charge in [-0.1, -0.05) is 12.1 Å². The molecule has 1 aromatic heterocycles. The molecule has 39 heavy (non-hydrogen) atoms. The Hall–Kier alpha value is -3.32. The summed E-state index contributed by atoms with van der Waals surface area (Å²) in [6.45, 7) is 10.8. The predicted octanol–water partition coefficient (Wildman–Crippen LogP) is 2.29. The Morgan fingerprint density at radius 1 is 1.28 bits per heavy atom. The molecular formula is C26H39N5O7S. The van der Waals surface area contributed by atoms with Gasteiger partial charge in [0.05, 0.1) is 25.6 Å². The molecule has 3 amide bonds. The number of benzene rings is 1. The van der Waals surface area contributed by atoms with Crippen molar-refractivity contribution in [2.75, 3.05) is 31.5 Å². The van der Waals surface area contributed by atoms with E-state index in [0.717, 1.165) is 0 Å². The molecular weight excluding hydrogens is 526 g/mol. The fraction of sp³-hybridized carbons (Fsp3) is 0.577. The molecule has 0 saturated heterocycles. The van der Waals surface area contributed by atoms with E-state index in [1.54, 1.807) is 37.1 Å². The van der Waals surface area contributed by atoms with Crippen LogP contribution >= 0.6 is 0 Å². The van der Waals surface area contributed by atoms with Crippen molar-refractivity contribution in [3.8, 4) is 5.75 Å². The average Bonchev–Trinajstić information content (AvgIpc) is 3.21. The Labute approximate surface area is 229 Å². The van der Waals surface area contributed by atoms with Crippen molar-refractivity contribution in [3.05, 3.63) is 35.2 Å². The van der Waals surface area contributed by atoms with E-state index in [1.807, 2.05) is 20.8 Å². The van der Waals surface area contributed by atoms with Crippen molar-refractivity contribution in [2.24, 2.45) is 5.92 Å². The van der Waals surface area contributed by atoms with Crippen LogP contribution in [0.25, 0.3) is 0 Å². The number of hydrogen-bond acceptors (Lipinski definition) is 8. The van der Waals surface area contributed by atoms with Crippen LogP contribution in [-0.4, -0.2) is 85.4 Å². The third kappa shape index (κ3) is 7.21. The summed E-state index contributed by atoms with van der Waals surface area (Å²) in [6.07, 6.45) is -0.556. The number of likely N-dealkylation sites (N-methyl/N-ethyl adjacent to an activating group) is 1. The maximum atomic E-state index is 13.4. The van der Waals surface area contributed by atoms with E-state index in [0.29, 0.717) is 17.9 Å². The van der Waals surface area contributed by atoms with Crippen LogP contribution in [-0.2, 0) is 21.2 Å². The lowest BCUT2D eigenvalue weighted by Gasteiger charge is -2.34. The molecule has 3 atom stereocenters. The van der Waals surface area contributed by atoms with Crippen LogP contribution in [0.2, 0.25) is 0 Å². The second kappa shape index (κ2) is 12.2. The van der Waals surface area contributed by atoms with E-state index in [-0.39, 0.29) is 65.5 Å². The molecule has 0 saturated carbocycles. The topological polar surface area (TPSA) is 154 Å². The number of amides is 3. The maximum absolute atomic E-state index is 13.4. The van der Waals surface area contributed by atoms with Crippen molar-refractivity contribution < 1.29 is 32.4 Å². The van der Waals surface area contributed by atoms with Gasteiger partial charge in [-0.3, -0.25) is 9.52 Å². The van der Waals surface area contributed by atoms with Crippen LogP contribution in [0, 0.1) is 19.8 Å². The summed E-state index contributed by atoms with van der Waals surface area (Å²) >= 11 is 0. The number of aryl methyl sites for hydroxylation is 2. The first-order valence-electron chi connectivity index (χ1n) is 12.9. The zero-order valence-corrected chi connectivity index (χ0v) is 24.3. The van der Waals surface area contributed by atoms with E-state index in [2.05, 4.69) is 15.2 Å². The monoisotopic (exact) mass is 565 g/mol. The summed E-state index contributed by atoms with van der Waals surface area (Å²) < 4.78 is 40.1. The summed E-state index contributed by atoms with van der Waals surface area (Å²) in [5, 5.41) is 16.4. The molecule has 12 nitrogen and oxygen atoms in total. The number of aromatic nitrogens is 1. The minimum absolute atomic E-state index is 0.0364. The number of nitrogens with one attached hydrogen (secondary N) is 2. The zero-order chi connectivity index (χ0) is 29.1. The highest BCUT2D eigenvalue weighted by molar-refractivity contribution is 7.92. The van der Waals surface area contributed by atoms with E-state index in [9.17, 15) is 23.1 Å². The summed E-state index contributed by atoms with van der Waals surface area (Å²) in [4.78, 5) is 29.1. The van der Waals surface area contributed by atoms with Gasteiger partial charge in [0.15, 0.2) is 10.7 Å². The Bertz CT molecular complexity index is 1270. The predicted molar refractivity (Wildman–Crippen MR) is 145 cm³/mol. The van der Waals surface area contributed by atoms with E-state index in [1.165, 1.54) is 18.7 Å². The standard InChI is InChI=1S/C26H39N5O7S/c1-15(2)27-26(34)30(7)13-23-16(3)12-31(17(4)14-32)24(33)11-20-10-21(8-9-22(20)37-23)29-39(35,36)25-18(5)28-38-19(25)6/h8-10,15-17,23,29,32H,11-14H2,1-7H3,(H,27,34)/t16-,17+,23-/m1/s1. The Kier molecular flexibility index (Phi) is 9.49. The first-order chi connectivity index (χ1) is 18.2. The molecule has 216 valence electrons. The van der Waals surface area contributed by atoms with Gasteiger partial charge in [0, 0.05) is 36.8 Å². The Morgan fingerprint density at radius 2 is 1.97 bits per heavy atom. The van der Waals surface area contributed by atoms with E-state index in [4.69, 9.17) is 9.26 Å². The van der Waals surface area contributed by atoms with E-state index >= 15 is 0 Å². The summed E-state index contributed by atoms with van der Waals surface area (Å²) in [5.74, 6) is 0.153. The highest BCUT2D eigenvalue weighted by atomic mass is 32.2. The quantitative estimate of drug-likeness (QED) is 0.441. The highest BCUT2D eigenvalue weighted by Gasteiger charge is 2.32. The highest BCUT2D eigenvalue weighted by Crippen LogP contribution is 2.31. The van der Waals surface area contributed by atoms with Crippen molar-refractivity contribution in [1.29, 1.82) is 0 Å². The SMILES string of the molecule is Cc1noc(C)c1S(=O)(=O)Nc1ccc2c(c1)CC(=O)N([C@@H](C)CO)C[C@@H](C)[C@@H](CN(C)C(=O)NC(C)C)O2. The lowest BCUT2D eigenvalue weighted by atomic mass is 10.0. The lowest BCUT2D eigenvalue weighted by molar-refractivity contribution is -0.134. The summed E-state index contributed by atoms with van der Waals surface area (Å²) in [5.41, 5.74) is 0.948.